The number of ether oxygens (including phenoxy) is 1. The maximum Gasteiger partial charge on any atom is 0.219 e. The van der Waals surface area contributed by atoms with Gasteiger partial charge in [0, 0.05) is 37.5 Å². The van der Waals surface area contributed by atoms with E-state index in [9.17, 15) is 4.79 Å². The minimum absolute atomic E-state index is 0.0897. The molecule has 1 amide bonds. The molecule has 1 saturated heterocycles. The third kappa shape index (κ3) is 2.00. The van der Waals surface area contributed by atoms with Crippen molar-refractivity contribution in [3.63, 3.8) is 0 Å². The number of hydrogen-bond acceptors (Lipinski definition) is 3. The molecule has 2 aliphatic heterocycles. The average molecular weight is 260 g/mol. The summed E-state index contributed by atoms with van der Waals surface area (Å²) in [5, 5.41) is 0. The maximum atomic E-state index is 11.4. The van der Waals surface area contributed by atoms with Gasteiger partial charge in [0.1, 0.15) is 5.75 Å². The lowest BCUT2D eigenvalue weighted by molar-refractivity contribution is -0.130. The van der Waals surface area contributed by atoms with Crippen LogP contribution in [0.3, 0.4) is 0 Å². The fourth-order valence-electron chi connectivity index (χ4n) is 3.20. The fraction of sp³-hybridized carbons (Fsp3) is 0.533. The number of hydrogen-bond donors (Lipinski definition) is 1. The van der Waals surface area contributed by atoms with Crippen molar-refractivity contribution in [1.82, 2.24) is 4.90 Å². The zero-order valence-corrected chi connectivity index (χ0v) is 11.3. The Morgan fingerprint density at radius 3 is 2.79 bits per heavy atom. The second-order valence-corrected chi connectivity index (χ2v) is 5.61. The molecule has 1 aromatic carbocycles. The number of carbonyl (C=O) groups excluding carboxylic acids is 1. The van der Waals surface area contributed by atoms with Crippen molar-refractivity contribution >= 4 is 5.91 Å². The maximum absolute atomic E-state index is 11.4. The fourth-order valence-corrected chi connectivity index (χ4v) is 3.20. The van der Waals surface area contributed by atoms with Gasteiger partial charge in [0.15, 0.2) is 0 Å². The number of piperidine rings is 1. The van der Waals surface area contributed by atoms with Crippen LogP contribution in [0.2, 0.25) is 0 Å². The minimum Gasteiger partial charge on any atom is -0.492 e. The standard InChI is InChI=1S/C15H20N2O2/c1-11(18)17-6-4-15(5-7-17)10-19-14-3-2-12(9-16)8-13(14)15/h2-3,8H,4-7,9-10,16H2,1H3. The molecule has 0 radical (unpaired) electrons. The van der Waals surface area contributed by atoms with E-state index >= 15 is 0 Å². The Hall–Kier alpha value is -1.55. The van der Waals surface area contributed by atoms with Crippen LogP contribution < -0.4 is 10.5 Å². The number of rotatable bonds is 1. The van der Waals surface area contributed by atoms with Gasteiger partial charge in [-0.25, -0.2) is 0 Å². The van der Waals surface area contributed by atoms with Crippen LogP contribution in [0, 0.1) is 0 Å². The second-order valence-electron chi connectivity index (χ2n) is 5.61. The molecule has 19 heavy (non-hydrogen) atoms. The van der Waals surface area contributed by atoms with E-state index in [2.05, 4.69) is 6.07 Å². The van der Waals surface area contributed by atoms with E-state index in [1.165, 1.54) is 5.56 Å². The molecule has 0 aromatic heterocycles. The summed E-state index contributed by atoms with van der Waals surface area (Å²) in [6.45, 7) is 4.59. The summed E-state index contributed by atoms with van der Waals surface area (Å²) in [6.07, 6.45) is 1.96. The Kier molecular flexibility index (Phi) is 2.97. The molecule has 2 N–H and O–H groups in total. The quantitative estimate of drug-likeness (QED) is 0.831. The predicted molar refractivity (Wildman–Crippen MR) is 73.0 cm³/mol. The topological polar surface area (TPSA) is 55.6 Å². The van der Waals surface area contributed by atoms with Crippen LogP contribution in [0.25, 0.3) is 0 Å². The van der Waals surface area contributed by atoms with Gasteiger partial charge in [-0.3, -0.25) is 4.79 Å². The number of nitrogens with zero attached hydrogens (tertiary/aromatic N) is 1. The van der Waals surface area contributed by atoms with Crippen molar-refractivity contribution in [2.24, 2.45) is 5.73 Å². The van der Waals surface area contributed by atoms with E-state index < -0.39 is 0 Å². The van der Waals surface area contributed by atoms with Crippen LogP contribution in [-0.4, -0.2) is 30.5 Å². The van der Waals surface area contributed by atoms with E-state index in [4.69, 9.17) is 10.5 Å². The number of carbonyl (C=O) groups is 1. The van der Waals surface area contributed by atoms with Crippen molar-refractivity contribution in [2.45, 2.75) is 31.7 Å². The van der Waals surface area contributed by atoms with Crippen LogP contribution in [0.5, 0.6) is 5.75 Å². The van der Waals surface area contributed by atoms with Gasteiger partial charge in [0.05, 0.1) is 6.61 Å². The van der Waals surface area contributed by atoms with E-state index in [1.54, 1.807) is 6.92 Å². The number of fused-ring (bicyclic) bond motifs is 2. The minimum atomic E-state index is 0.0897. The first-order valence-corrected chi connectivity index (χ1v) is 6.86. The number of nitrogens with two attached hydrogens (primary N) is 1. The second kappa shape index (κ2) is 4.53. The summed E-state index contributed by atoms with van der Waals surface area (Å²) >= 11 is 0. The highest BCUT2D eigenvalue weighted by atomic mass is 16.5. The molecular formula is C15H20N2O2. The number of amides is 1. The van der Waals surface area contributed by atoms with Gasteiger partial charge in [-0.15, -0.1) is 0 Å². The Bertz CT molecular complexity index is 505. The lowest BCUT2D eigenvalue weighted by Crippen LogP contribution is -2.45. The molecule has 1 spiro atoms. The Labute approximate surface area is 113 Å². The zero-order valence-electron chi connectivity index (χ0n) is 11.3. The number of benzene rings is 1. The molecule has 0 saturated carbocycles. The molecule has 2 heterocycles. The normalized spacial score (nSPS) is 20.2. The molecule has 2 aliphatic rings. The molecule has 0 unspecified atom stereocenters. The van der Waals surface area contributed by atoms with Gasteiger partial charge in [0.2, 0.25) is 5.91 Å². The first-order valence-electron chi connectivity index (χ1n) is 6.86. The predicted octanol–water partition coefficient (Wildman–Crippen LogP) is 1.42. The SMILES string of the molecule is CC(=O)N1CCC2(CC1)COc1ccc(CN)cc12. The highest BCUT2D eigenvalue weighted by molar-refractivity contribution is 5.73. The molecule has 3 rings (SSSR count). The molecule has 0 atom stereocenters. The average Bonchev–Trinajstić information content (AvgIpc) is 2.78. The largest absolute Gasteiger partial charge is 0.492 e. The monoisotopic (exact) mass is 260 g/mol. The van der Waals surface area contributed by atoms with Crippen molar-refractivity contribution in [3.05, 3.63) is 29.3 Å². The van der Waals surface area contributed by atoms with E-state index in [1.807, 2.05) is 17.0 Å². The van der Waals surface area contributed by atoms with Gasteiger partial charge in [0.25, 0.3) is 0 Å². The summed E-state index contributed by atoms with van der Waals surface area (Å²) in [6, 6.07) is 6.25. The van der Waals surface area contributed by atoms with Crippen molar-refractivity contribution in [3.8, 4) is 5.75 Å². The van der Waals surface area contributed by atoms with Crippen LogP contribution in [0.1, 0.15) is 30.9 Å². The molecule has 1 aromatic rings. The molecule has 4 heteroatoms. The summed E-state index contributed by atoms with van der Waals surface area (Å²) in [5.41, 5.74) is 8.26. The first kappa shape index (κ1) is 12.5. The molecule has 1 fully saturated rings. The Morgan fingerprint density at radius 2 is 2.16 bits per heavy atom. The number of likely N-dealkylation sites (tertiary alicyclic amines) is 1. The van der Waals surface area contributed by atoms with Crippen LogP contribution in [0.4, 0.5) is 0 Å². The molecule has 0 aliphatic carbocycles. The third-order valence-corrected chi connectivity index (χ3v) is 4.52. The van der Waals surface area contributed by atoms with Crippen LogP contribution in [-0.2, 0) is 16.8 Å². The highest BCUT2D eigenvalue weighted by Gasteiger charge is 2.43. The van der Waals surface area contributed by atoms with Gasteiger partial charge in [-0.05, 0) is 24.5 Å². The van der Waals surface area contributed by atoms with E-state index in [0.717, 1.165) is 43.9 Å². The molecule has 4 nitrogen and oxygen atoms in total. The first-order chi connectivity index (χ1) is 9.14. The smallest absolute Gasteiger partial charge is 0.219 e. The Balaban J connectivity index is 1.87. The molecular weight excluding hydrogens is 240 g/mol. The van der Waals surface area contributed by atoms with Gasteiger partial charge in [-0.1, -0.05) is 12.1 Å². The van der Waals surface area contributed by atoms with Crippen LogP contribution in [0.15, 0.2) is 18.2 Å². The summed E-state index contributed by atoms with van der Waals surface area (Å²) in [4.78, 5) is 13.4. The summed E-state index contributed by atoms with van der Waals surface area (Å²) in [5.74, 6) is 1.16. The van der Waals surface area contributed by atoms with E-state index in [-0.39, 0.29) is 11.3 Å². The zero-order chi connectivity index (χ0) is 13.5. The molecule has 0 bridgehead atoms. The van der Waals surface area contributed by atoms with Crippen LogP contribution >= 0.6 is 0 Å². The van der Waals surface area contributed by atoms with E-state index in [0.29, 0.717) is 6.54 Å². The molecule has 102 valence electrons. The van der Waals surface area contributed by atoms with Gasteiger partial charge >= 0.3 is 0 Å². The lowest BCUT2D eigenvalue weighted by Gasteiger charge is -2.38. The van der Waals surface area contributed by atoms with Gasteiger partial charge < -0.3 is 15.4 Å². The van der Waals surface area contributed by atoms with Crippen molar-refractivity contribution in [1.29, 1.82) is 0 Å². The summed E-state index contributed by atoms with van der Waals surface area (Å²) < 4.78 is 5.84. The highest BCUT2D eigenvalue weighted by Crippen LogP contribution is 2.45. The lowest BCUT2D eigenvalue weighted by atomic mass is 9.74. The third-order valence-electron chi connectivity index (χ3n) is 4.52. The van der Waals surface area contributed by atoms with Gasteiger partial charge in [-0.2, -0.15) is 0 Å². The summed E-state index contributed by atoms with van der Waals surface area (Å²) in [7, 11) is 0. The van der Waals surface area contributed by atoms with Crippen molar-refractivity contribution in [2.75, 3.05) is 19.7 Å². The Morgan fingerprint density at radius 1 is 1.42 bits per heavy atom. The van der Waals surface area contributed by atoms with Crippen molar-refractivity contribution < 1.29 is 9.53 Å².